The molecule has 1 aliphatic rings. The van der Waals surface area contributed by atoms with Crippen LogP contribution >= 0.6 is 11.6 Å². The van der Waals surface area contributed by atoms with E-state index in [9.17, 15) is 14.4 Å². The van der Waals surface area contributed by atoms with E-state index in [2.05, 4.69) is 4.98 Å². The number of imide groups is 1. The van der Waals surface area contributed by atoms with Crippen LogP contribution in [0.3, 0.4) is 0 Å². The van der Waals surface area contributed by atoms with Gasteiger partial charge in [-0.1, -0.05) is 23.7 Å². The topological polar surface area (TPSA) is 97.9 Å². The molecule has 176 valence electrons. The second-order valence-electron chi connectivity index (χ2n) is 7.77. The molecule has 1 aromatic heterocycles. The number of nitrogens with one attached hydrogen (secondary N) is 1. The van der Waals surface area contributed by atoms with Crippen molar-refractivity contribution in [1.82, 2.24) is 4.98 Å². The molecule has 0 spiro atoms. The Balaban J connectivity index is 1.73. The molecule has 4 aromatic rings. The number of H-pyrrole nitrogens is 1. The molecule has 8 nitrogen and oxygen atoms in total. The first kappa shape index (κ1) is 22.5. The summed E-state index contributed by atoms with van der Waals surface area (Å²) in [6.07, 6.45) is 0. The van der Waals surface area contributed by atoms with Crippen molar-refractivity contribution in [3.8, 4) is 17.2 Å². The maximum Gasteiger partial charge on any atom is 0.266 e. The Morgan fingerprint density at radius 3 is 2.00 bits per heavy atom. The zero-order valence-electron chi connectivity index (χ0n) is 19.0. The van der Waals surface area contributed by atoms with Gasteiger partial charge in [-0.25, -0.2) is 4.90 Å². The average molecular weight is 491 g/mol. The van der Waals surface area contributed by atoms with Gasteiger partial charge in [0, 0.05) is 21.5 Å². The number of amides is 2. The van der Waals surface area contributed by atoms with E-state index < -0.39 is 17.6 Å². The Bertz CT molecular complexity index is 1480. The summed E-state index contributed by atoms with van der Waals surface area (Å²) in [4.78, 5) is 44.5. The highest BCUT2D eigenvalue weighted by molar-refractivity contribution is 6.38. The van der Waals surface area contributed by atoms with Gasteiger partial charge in [-0.05, 0) is 42.5 Å². The van der Waals surface area contributed by atoms with E-state index in [-0.39, 0.29) is 39.6 Å². The van der Waals surface area contributed by atoms with Crippen molar-refractivity contribution in [3.05, 3.63) is 82.0 Å². The molecule has 3 aromatic carbocycles. The summed E-state index contributed by atoms with van der Waals surface area (Å²) in [5.74, 6) is -0.604. The molecule has 0 bridgehead atoms. The van der Waals surface area contributed by atoms with Gasteiger partial charge in [-0.15, -0.1) is 0 Å². The van der Waals surface area contributed by atoms with Crippen LogP contribution in [0.25, 0.3) is 10.9 Å². The number of carbonyl (C=O) groups excluding carboxylic acids is 3. The molecule has 9 heteroatoms. The maximum atomic E-state index is 13.8. The van der Waals surface area contributed by atoms with E-state index in [1.54, 1.807) is 42.5 Å². The molecule has 0 radical (unpaired) electrons. The van der Waals surface area contributed by atoms with Crippen LogP contribution < -0.4 is 19.1 Å². The number of hydrogen-bond acceptors (Lipinski definition) is 6. The van der Waals surface area contributed by atoms with Crippen LogP contribution in [0, 0.1) is 0 Å². The van der Waals surface area contributed by atoms with E-state index in [4.69, 9.17) is 25.8 Å². The average Bonchev–Trinajstić information content (AvgIpc) is 3.36. The van der Waals surface area contributed by atoms with Gasteiger partial charge in [0.05, 0.1) is 38.1 Å². The van der Waals surface area contributed by atoms with Crippen LogP contribution in [0.2, 0.25) is 5.02 Å². The fourth-order valence-corrected chi connectivity index (χ4v) is 4.47. The molecule has 0 saturated carbocycles. The third-order valence-electron chi connectivity index (χ3n) is 5.90. The lowest BCUT2D eigenvalue weighted by Crippen LogP contribution is -2.30. The number of halogens is 1. The number of benzene rings is 3. The van der Waals surface area contributed by atoms with Crippen LogP contribution in [-0.4, -0.2) is 43.9 Å². The molecule has 0 fully saturated rings. The first-order valence-electron chi connectivity index (χ1n) is 10.5. The third-order valence-corrected chi connectivity index (χ3v) is 6.14. The number of methoxy groups -OCH3 is 3. The van der Waals surface area contributed by atoms with Gasteiger partial charge in [0.1, 0.15) is 5.69 Å². The Kier molecular flexibility index (Phi) is 5.45. The molecule has 2 heterocycles. The summed E-state index contributed by atoms with van der Waals surface area (Å²) in [6, 6.07) is 14.5. The second kappa shape index (κ2) is 8.48. The Hall–Kier alpha value is -4.30. The molecule has 5 rings (SSSR count). The van der Waals surface area contributed by atoms with E-state index in [0.29, 0.717) is 21.7 Å². The van der Waals surface area contributed by atoms with Crippen LogP contribution in [0.15, 0.2) is 54.6 Å². The summed E-state index contributed by atoms with van der Waals surface area (Å²) in [7, 11) is 4.35. The number of aromatic amines is 1. The zero-order valence-corrected chi connectivity index (χ0v) is 19.7. The standard InChI is InChI=1S/C26H19ClN2O6/c1-33-19-10-13(11-20(34-2)24(19)35-3)23(30)21-22(17-9-8-14(27)12-18(17)28-21)29-25(31)15-6-4-5-7-16(15)26(29)32/h4-12,28H,1-3H3. The van der Waals surface area contributed by atoms with Gasteiger partial charge in [-0.2, -0.15) is 0 Å². The molecule has 1 aliphatic heterocycles. The third kappa shape index (κ3) is 3.41. The Labute approximate surface area is 205 Å². The highest BCUT2D eigenvalue weighted by Gasteiger charge is 2.40. The number of fused-ring (bicyclic) bond motifs is 2. The molecule has 0 unspecified atom stereocenters. The van der Waals surface area contributed by atoms with Crippen LogP contribution in [0.1, 0.15) is 36.8 Å². The van der Waals surface area contributed by atoms with Crippen LogP contribution in [0.5, 0.6) is 17.2 Å². The second-order valence-corrected chi connectivity index (χ2v) is 8.21. The van der Waals surface area contributed by atoms with E-state index in [1.807, 2.05) is 0 Å². The van der Waals surface area contributed by atoms with Gasteiger partial charge in [-0.3, -0.25) is 14.4 Å². The monoisotopic (exact) mass is 490 g/mol. The van der Waals surface area contributed by atoms with Crippen molar-refractivity contribution in [2.24, 2.45) is 0 Å². The fourth-order valence-electron chi connectivity index (χ4n) is 4.30. The van der Waals surface area contributed by atoms with Crippen LogP contribution in [-0.2, 0) is 0 Å². The normalized spacial score (nSPS) is 12.7. The van der Waals surface area contributed by atoms with Gasteiger partial charge < -0.3 is 19.2 Å². The predicted molar refractivity (Wildman–Crippen MR) is 130 cm³/mol. The van der Waals surface area contributed by atoms with E-state index in [1.165, 1.54) is 33.5 Å². The molecule has 35 heavy (non-hydrogen) atoms. The zero-order chi connectivity index (χ0) is 24.9. The molecule has 0 saturated heterocycles. The summed E-state index contributed by atoms with van der Waals surface area (Å²) in [5, 5.41) is 0.930. The minimum atomic E-state index is -0.514. The maximum absolute atomic E-state index is 13.8. The fraction of sp³-hybridized carbons (Fsp3) is 0.115. The number of nitrogens with zero attached hydrogens (tertiary/aromatic N) is 1. The first-order valence-corrected chi connectivity index (χ1v) is 10.9. The molecule has 1 N–H and O–H groups in total. The highest BCUT2D eigenvalue weighted by Crippen LogP contribution is 2.41. The largest absolute Gasteiger partial charge is 0.493 e. The smallest absolute Gasteiger partial charge is 0.266 e. The van der Waals surface area contributed by atoms with Crippen molar-refractivity contribution in [3.63, 3.8) is 0 Å². The molecular formula is C26H19ClN2O6. The highest BCUT2D eigenvalue weighted by atomic mass is 35.5. The van der Waals surface area contributed by atoms with Crippen LogP contribution in [0.4, 0.5) is 5.69 Å². The molecule has 0 aliphatic carbocycles. The van der Waals surface area contributed by atoms with Gasteiger partial charge in [0.15, 0.2) is 11.5 Å². The lowest BCUT2D eigenvalue weighted by Gasteiger charge is -2.16. The molecule has 0 atom stereocenters. The van der Waals surface area contributed by atoms with E-state index >= 15 is 0 Å². The number of hydrogen-bond donors (Lipinski definition) is 1. The number of ketones is 1. The summed E-state index contributed by atoms with van der Waals surface area (Å²) < 4.78 is 16.1. The van der Waals surface area contributed by atoms with Gasteiger partial charge >= 0.3 is 0 Å². The van der Waals surface area contributed by atoms with Crippen molar-refractivity contribution in [2.75, 3.05) is 26.2 Å². The number of rotatable bonds is 6. The minimum absolute atomic E-state index is 0.0473. The number of ether oxygens (including phenoxy) is 3. The summed E-state index contributed by atoms with van der Waals surface area (Å²) in [5.41, 5.74) is 1.45. The first-order chi connectivity index (χ1) is 16.9. The summed E-state index contributed by atoms with van der Waals surface area (Å²) in [6.45, 7) is 0. The minimum Gasteiger partial charge on any atom is -0.493 e. The number of anilines is 1. The summed E-state index contributed by atoms with van der Waals surface area (Å²) >= 11 is 6.18. The lowest BCUT2D eigenvalue weighted by molar-refractivity contribution is 0.0926. The predicted octanol–water partition coefficient (Wildman–Crippen LogP) is 4.88. The van der Waals surface area contributed by atoms with Crippen molar-refractivity contribution < 1.29 is 28.6 Å². The Morgan fingerprint density at radius 1 is 0.857 bits per heavy atom. The Morgan fingerprint density at radius 2 is 1.46 bits per heavy atom. The molecule has 2 amide bonds. The van der Waals surface area contributed by atoms with Crippen molar-refractivity contribution >= 4 is 45.8 Å². The SMILES string of the molecule is COc1cc(C(=O)c2[nH]c3cc(Cl)ccc3c2N2C(=O)c3ccccc3C2=O)cc(OC)c1OC. The van der Waals surface area contributed by atoms with Gasteiger partial charge in [0.2, 0.25) is 11.5 Å². The number of aromatic nitrogens is 1. The quantitative estimate of drug-likeness (QED) is 0.305. The lowest BCUT2D eigenvalue weighted by atomic mass is 10.0. The van der Waals surface area contributed by atoms with Crippen molar-refractivity contribution in [1.29, 1.82) is 0 Å². The van der Waals surface area contributed by atoms with Gasteiger partial charge in [0.25, 0.3) is 11.8 Å². The molecular weight excluding hydrogens is 472 g/mol. The van der Waals surface area contributed by atoms with E-state index in [0.717, 1.165) is 4.90 Å². The van der Waals surface area contributed by atoms with Crippen molar-refractivity contribution in [2.45, 2.75) is 0 Å². The number of carbonyl (C=O) groups is 3.